The van der Waals surface area contributed by atoms with Crippen LogP contribution in [0.15, 0.2) is 48.5 Å². The van der Waals surface area contributed by atoms with Crippen molar-refractivity contribution in [2.24, 2.45) is 0 Å². The van der Waals surface area contributed by atoms with Gasteiger partial charge in [0.05, 0.1) is 14.1 Å². The molecule has 0 heterocycles. The SMILES string of the molecule is C[NH+](C)C[C@H](NC(=O)c1ccc2c(c1)CCC2)c1ccccc1. The van der Waals surface area contributed by atoms with Gasteiger partial charge in [0.1, 0.15) is 12.6 Å². The first kappa shape index (κ1) is 15.8. The van der Waals surface area contributed by atoms with E-state index in [1.54, 1.807) is 0 Å². The maximum atomic E-state index is 12.7. The Balaban J connectivity index is 1.78. The summed E-state index contributed by atoms with van der Waals surface area (Å²) in [5.41, 5.74) is 4.68. The number of nitrogens with one attached hydrogen (secondary N) is 2. The smallest absolute Gasteiger partial charge is 0.251 e. The average Bonchev–Trinajstić information content (AvgIpc) is 3.02. The number of aryl methyl sites for hydroxylation is 2. The number of quaternary nitrogens is 1. The number of carbonyl (C=O) groups is 1. The highest BCUT2D eigenvalue weighted by molar-refractivity contribution is 5.94. The molecule has 3 nitrogen and oxygen atoms in total. The Bertz CT molecular complexity index is 679. The number of likely N-dealkylation sites (N-methyl/N-ethyl adjacent to an activating group) is 1. The Morgan fingerprint density at radius 2 is 1.83 bits per heavy atom. The fourth-order valence-electron chi connectivity index (χ4n) is 3.30. The van der Waals surface area contributed by atoms with Crippen LogP contribution in [0.4, 0.5) is 0 Å². The minimum atomic E-state index is 0.0230. The van der Waals surface area contributed by atoms with Gasteiger partial charge in [-0.05, 0) is 48.1 Å². The molecular formula is C20H25N2O+. The zero-order chi connectivity index (χ0) is 16.2. The monoisotopic (exact) mass is 309 g/mol. The molecule has 0 unspecified atom stereocenters. The van der Waals surface area contributed by atoms with E-state index < -0.39 is 0 Å². The molecule has 3 heteroatoms. The largest absolute Gasteiger partial charge is 0.340 e. The lowest BCUT2D eigenvalue weighted by Crippen LogP contribution is -3.06. The summed E-state index contributed by atoms with van der Waals surface area (Å²) < 4.78 is 0. The van der Waals surface area contributed by atoms with E-state index in [0.29, 0.717) is 0 Å². The summed E-state index contributed by atoms with van der Waals surface area (Å²) in [7, 11) is 4.22. The maximum Gasteiger partial charge on any atom is 0.251 e. The summed E-state index contributed by atoms with van der Waals surface area (Å²) in [6.45, 7) is 0.862. The van der Waals surface area contributed by atoms with E-state index >= 15 is 0 Å². The molecule has 0 saturated carbocycles. The molecule has 23 heavy (non-hydrogen) atoms. The van der Waals surface area contributed by atoms with E-state index in [9.17, 15) is 4.79 Å². The summed E-state index contributed by atoms with van der Waals surface area (Å²) in [6, 6.07) is 16.4. The fraction of sp³-hybridized carbons (Fsp3) is 0.350. The first-order valence-electron chi connectivity index (χ1n) is 8.40. The van der Waals surface area contributed by atoms with Crippen LogP contribution in [0.2, 0.25) is 0 Å². The minimum Gasteiger partial charge on any atom is -0.340 e. The van der Waals surface area contributed by atoms with E-state index in [0.717, 1.165) is 30.5 Å². The topological polar surface area (TPSA) is 33.5 Å². The van der Waals surface area contributed by atoms with Gasteiger partial charge < -0.3 is 10.2 Å². The quantitative estimate of drug-likeness (QED) is 0.867. The summed E-state index contributed by atoms with van der Waals surface area (Å²) in [5.74, 6) is 0.0230. The lowest BCUT2D eigenvalue weighted by Gasteiger charge is -2.21. The summed E-state index contributed by atoms with van der Waals surface area (Å²) in [6.07, 6.45) is 3.45. The van der Waals surface area contributed by atoms with Gasteiger partial charge >= 0.3 is 0 Å². The zero-order valence-electron chi connectivity index (χ0n) is 13.9. The molecule has 1 aliphatic carbocycles. The third kappa shape index (κ3) is 3.80. The minimum absolute atomic E-state index is 0.0230. The molecule has 2 aromatic carbocycles. The highest BCUT2D eigenvalue weighted by Gasteiger charge is 2.20. The lowest BCUT2D eigenvalue weighted by atomic mass is 10.0. The molecule has 1 amide bonds. The van der Waals surface area contributed by atoms with Crippen molar-refractivity contribution in [3.05, 3.63) is 70.8 Å². The van der Waals surface area contributed by atoms with Crippen molar-refractivity contribution in [3.8, 4) is 0 Å². The Hall–Kier alpha value is -2.13. The maximum absolute atomic E-state index is 12.7. The van der Waals surface area contributed by atoms with Crippen LogP contribution in [0.1, 0.15) is 39.5 Å². The van der Waals surface area contributed by atoms with Crippen molar-refractivity contribution in [1.29, 1.82) is 0 Å². The zero-order valence-corrected chi connectivity index (χ0v) is 13.9. The molecule has 0 saturated heterocycles. The van der Waals surface area contributed by atoms with Crippen LogP contribution in [0.25, 0.3) is 0 Å². The van der Waals surface area contributed by atoms with E-state index in [-0.39, 0.29) is 11.9 Å². The third-order valence-corrected chi connectivity index (χ3v) is 4.48. The van der Waals surface area contributed by atoms with Crippen molar-refractivity contribution in [2.45, 2.75) is 25.3 Å². The van der Waals surface area contributed by atoms with Crippen LogP contribution in [-0.4, -0.2) is 26.5 Å². The van der Waals surface area contributed by atoms with Crippen molar-refractivity contribution < 1.29 is 9.69 Å². The highest BCUT2D eigenvalue weighted by Crippen LogP contribution is 2.23. The average molecular weight is 309 g/mol. The summed E-state index contributed by atoms with van der Waals surface area (Å²) >= 11 is 0. The first-order valence-corrected chi connectivity index (χ1v) is 8.40. The molecule has 2 aromatic rings. The van der Waals surface area contributed by atoms with Crippen molar-refractivity contribution in [3.63, 3.8) is 0 Å². The van der Waals surface area contributed by atoms with E-state index in [4.69, 9.17) is 0 Å². The molecule has 0 radical (unpaired) electrons. The van der Waals surface area contributed by atoms with Gasteiger partial charge in [-0.1, -0.05) is 36.4 Å². The van der Waals surface area contributed by atoms with Gasteiger partial charge in [-0.3, -0.25) is 4.79 Å². The van der Waals surface area contributed by atoms with Crippen LogP contribution >= 0.6 is 0 Å². The molecule has 0 spiro atoms. The number of hydrogen-bond acceptors (Lipinski definition) is 1. The van der Waals surface area contributed by atoms with Gasteiger partial charge in [-0.25, -0.2) is 0 Å². The Morgan fingerprint density at radius 3 is 2.57 bits per heavy atom. The normalized spacial score (nSPS) is 14.6. The van der Waals surface area contributed by atoms with Crippen molar-refractivity contribution in [2.75, 3.05) is 20.6 Å². The molecule has 0 bridgehead atoms. The van der Waals surface area contributed by atoms with Gasteiger partial charge in [0.2, 0.25) is 0 Å². The van der Waals surface area contributed by atoms with Gasteiger partial charge in [0.25, 0.3) is 5.91 Å². The molecule has 0 fully saturated rings. The predicted molar refractivity (Wildman–Crippen MR) is 92.8 cm³/mol. The van der Waals surface area contributed by atoms with E-state index in [1.807, 2.05) is 24.3 Å². The number of rotatable bonds is 5. The second-order valence-electron chi connectivity index (χ2n) is 6.69. The predicted octanol–water partition coefficient (Wildman–Crippen LogP) is 1.79. The van der Waals surface area contributed by atoms with Gasteiger partial charge in [-0.15, -0.1) is 0 Å². The molecule has 0 aromatic heterocycles. The first-order chi connectivity index (χ1) is 11.1. The van der Waals surface area contributed by atoms with Gasteiger partial charge in [0, 0.05) is 5.56 Å². The Labute approximate surface area is 138 Å². The second-order valence-corrected chi connectivity index (χ2v) is 6.69. The van der Waals surface area contributed by atoms with Crippen molar-refractivity contribution in [1.82, 2.24) is 5.32 Å². The van der Waals surface area contributed by atoms with Crippen LogP contribution in [-0.2, 0) is 12.8 Å². The molecular weight excluding hydrogens is 284 g/mol. The Morgan fingerprint density at radius 1 is 1.09 bits per heavy atom. The Kier molecular flexibility index (Phi) is 4.77. The number of amides is 1. The lowest BCUT2D eigenvalue weighted by molar-refractivity contribution is -0.860. The second kappa shape index (κ2) is 6.97. The van der Waals surface area contributed by atoms with Crippen LogP contribution in [0, 0.1) is 0 Å². The number of benzene rings is 2. The third-order valence-electron chi connectivity index (χ3n) is 4.48. The van der Waals surface area contributed by atoms with Crippen molar-refractivity contribution >= 4 is 5.91 Å². The van der Waals surface area contributed by atoms with Crippen LogP contribution in [0.3, 0.4) is 0 Å². The molecule has 120 valence electrons. The van der Waals surface area contributed by atoms with Crippen LogP contribution < -0.4 is 10.2 Å². The standard InChI is InChI=1S/C20H24N2O/c1-22(2)14-19(16-7-4-3-5-8-16)21-20(23)18-12-11-15-9-6-10-17(15)13-18/h3-5,7-8,11-13,19H,6,9-10,14H2,1-2H3,(H,21,23)/p+1/t19-/m0/s1. The van der Waals surface area contributed by atoms with Gasteiger partial charge in [0.15, 0.2) is 0 Å². The molecule has 2 N–H and O–H groups in total. The summed E-state index contributed by atoms with van der Waals surface area (Å²) in [5, 5.41) is 3.21. The molecule has 3 rings (SSSR count). The number of hydrogen-bond donors (Lipinski definition) is 2. The molecule has 1 aliphatic rings. The molecule has 0 aliphatic heterocycles. The fourth-order valence-corrected chi connectivity index (χ4v) is 3.30. The number of carbonyl (C=O) groups excluding carboxylic acids is 1. The highest BCUT2D eigenvalue weighted by atomic mass is 16.1. The van der Waals surface area contributed by atoms with E-state index in [1.165, 1.54) is 22.4 Å². The van der Waals surface area contributed by atoms with Gasteiger partial charge in [-0.2, -0.15) is 0 Å². The number of fused-ring (bicyclic) bond motifs is 1. The van der Waals surface area contributed by atoms with Crippen LogP contribution in [0.5, 0.6) is 0 Å². The van der Waals surface area contributed by atoms with E-state index in [2.05, 4.69) is 43.7 Å². The summed E-state index contributed by atoms with van der Waals surface area (Å²) in [4.78, 5) is 14.0. The molecule has 1 atom stereocenters.